The third-order valence-electron chi connectivity index (χ3n) is 3.29. The predicted octanol–water partition coefficient (Wildman–Crippen LogP) is 2.02. The molecule has 1 aliphatic rings. The zero-order valence-corrected chi connectivity index (χ0v) is 10.6. The summed E-state index contributed by atoms with van der Waals surface area (Å²) in [4.78, 5) is 10.5. The summed E-state index contributed by atoms with van der Waals surface area (Å²) in [6, 6.07) is 6.90. The van der Waals surface area contributed by atoms with Gasteiger partial charge in [0.05, 0.1) is 16.6 Å². The number of nitriles is 1. The molecule has 2 rings (SSSR count). The van der Waals surface area contributed by atoms with Crippen molar-refractivity contribution in [2.24, 2.45) is 0 Å². The minimum Gasteiger partial charge on any atom is -0.379 e. The Morgan fingerprint density at radius 3 is 3.05 bits per heavy atom. The summed E-state index contributed by atoms with van der Waals surface area (Å²) < 4.78 is 0. The molecule has 0 unspecified atom stereocenters. The Balaban J connectivity index is 1.98. The molecule has 0 bridgehead atoms. The van der Waals surface area contributed by atoms with Crippen LogP contribution < -0.4 is 10.6 Å². The Hall–Kier alpha value is -2.13. The smallest absolute Gasteiger partial charge is 0.293 e. The average molecular weight is 260 g/mol. The molecule has 0 saturated carbocycles. The third kappa shape index (κ3) is 3.42. The first-order valence-electron chi connectivity index (χ1n) is 6.36. The topological polar surface area (TPSA) is 91.0 Å². The van der Waals surface area contributed by atoms with E-state index in [4.69, 9.17) is 5.26 Å². The highest BCUT2D eigenvalue weighted by molar-refractivity contribution is 5.64. The Kier molecular flexibility index (Phi) is 4.31. The lowest BCUT2D eigenvalue weighted by atomic mass is 10.1. The number of hydrogen-bond donors (Lipinski definition) is 2. The second-order valence-corrected chi connectivity index (χ2v) is 4.61. The van der Waals surface area contributed by atoms with Gasteiger partial charge in [0.2, 0.25) is 0 Å². The van der Waals surface area contributed by atoms with Crippen molar-refractivity contribution in [2.75, 3.05) is 18.4 Å². The molecule has 6 heteroatoms. The highest BCUT2D eigenvalue weighted by Crippen LogP contribution is 2.25. The van der Waals surface area contributed by atoms with E-state index in [1.807, 2.05) is 6.07 Å². The second-order valence-electron chi connectivity index (χ2n) is 4.61. The van der Waals surface area contributed by atoms with Crippen molar-refractivity contribution < 1.29 is 4.92 Å². The molecule has 1 fully saturated rings. The number of nitrogens with zero attached hydrogens (tertiary/aromatic N) is 2. The molecule has 1 atom stereocenters. The normalized spacial score (nSPS) is 17.9. The van der Waals surface area contributed by atoms with Gasteiger partial charge in [-0.2, -0.15) is 5.26 Å². The van der Waals surface area contributed by atoms with Crippen LogP contribution in [0.1, 0.15) is 24.8 Å². The van der Waals surface area contributed by atoms with Crippen LogP contribution in [0.3, 0.4) is 0 Å². The van der Waals surface area contributed by atoms with E-state index < -0.39 is 4.92 Å². The van der Waals surface area contributed by atoms with E-state index in [9.17, 15) is 10.1 Å². The summed E-state index contributed by atoms with van der Waals surface area (Å²) in [6.45, 7) is 1.74. The van der Waals surface area contributed by atoms with E-state index >= 15 is 0 Å². The van der Waals surface area contributed by atoms with Gasteiger partial charge in [0, 0.05) is 18.7 Å². The van der Waals surface area contributed by atoms with E-state index in [2.05, 4.69) is 10.6 Å². The van der Waals surface area contributed by atoms with E-state index in [0.29, 0.717) is 23.8 Å². The van der Waals surface area contributed by atoms with Gasteiger partial charge in [-0.05, 0) is 37.9 Å². The monoisotopic (exact) mass is 260 g/mol. The van der Waals surface area contributed by atoms with Crippen LogP contribution in [0.2, 0.25) is 0 Å². The number of nitro benzene ring substituents is 1. The standard InChI is InChI=1S/C13H16N4O2/c14-9-10-3-4-12(13(8-10)17(18)19)16-7-5-11-2-1-6-15-11/h3-4,8,11,15-16H,1-2,5-7H2/t11-/m0/s1. The van der Waals surface area contributed by atoms with Crippen LogP contribution in [0, 0.1) is 21.4 Å². The van der Waals surface area contributed by atoms with Crippen molar-refractivity contribution in [3.05, 3.63) is 33.9 Å². The first kappa shape index (κ1) is 13.3. The Morgan fingerprint density at radius 2 is 2.42 bits per heavy atom. The summed E-state index contributed by atoms with van der Waals surface area (Å²) in [5.41, 5.74) is 0.732. The maximum atomic E-state index is 11.0. The van der Waals surface area contributed by atoms with Crippen molar-refractivity contribution in [2.45, 2.75) is 25.3 Å². The van der Waals surface area contributed by atoms with Gasteiger partial charge < -0.3 is 10.6 Å². The molecule has 19 heavy (non-hydrogen) atoms. The third-order valence-corrected chi connectivity index (χ3v) is 3.29. The van der Waals surface area contributed by atoms with Crippen LogP contribution in [0.25, 0.3) is 0 Å². The van der Waals surface area contributed by atoms with Gasteiger partial charge in [-0.25, -0.2) is 0 Å². The van der Waals surface area contributed by atoms with Gasteiger partial charge in [0.15, 0.2) is 0 Å². The molecule has 0 amide bonds. The Bertz CT molecular complexity index is 504. The molecular formula is C13H16N4O2. The number of nitro groups is 1. The fourth-order valence-electron chi connectivity index (χ4n) is 2.29. The molecule has 0 radical (unpaired) electrons. The zero-order chi connectivity index (χ0) is 13.7. The maximum Gasteiger partial charge on any atom is 0.293 e. The van der Waals surface area contributed by atoms with Crippen LogP contribution in [0.15, 0.2) is 18.2 Å². The molecule has 100 valence electrons. The van der Waals surface area contributed by atoms with Crippen molar-refractivity contribution in [3.8, 4) is 6.07 Å². The molecule has 6 nitrogen and oxygen atoms in total. The van der Waals surface area contributed by atoms with E-state index in [-0.39, 0.29) is 5.69 Å². The lowest BCUT2D eigenvalue weighted by molar-refractivity contribution is -0.384. The van der Waals surface area contributed by atoms with Crippen LogP contribution >= 0.6 is 0 Å². The van der Waals surface area contributed by atoms with E-state index in [1.54, 1.807) is 12.1 Å². The number of benzene rings is 1. The number of anilines is 1. The largest absolute Gasteiger partial charge is 0.379 e. The molecule has 2 N–H and O–H groups in total. The zero-order valence-electron chi connectivity index (χ0n) is 10.6. The van der Waals surface area contributed by atoms with Gasteiger partial charge in [0.25, 0.3) is 5.69 Å². The lowest BCUT2D eigenvalue weighted by Gasteiger charge is -2.11. The molecular weight excluding hydrogens is 244 g/mol. The number of rotatable bonds is 5. The van der Waals surface area contributed by atoms with Crippen molar-refractivity contribution >= 4 is 11.4 Å². The fraction of sp³-hybridized carbons (Fsp3) is 0.462. The minimum atomic E-state index is -0.461. The SMILES string of the molecule is N#Cc1ccc(NCC[C@@H]2CCCN2)c([N+](=O)[O-])c1. The van der Waals surface area contributed by atoms with Crippen LogP contribution in [-0.2, 0) is 0 Å². The highest BCUT2D eigenvalue weighted by atomic mass is 16.6. The van der Waals surface area contributed by atoms with Crippen LogP contribution in [0.5, 0.6) is 0 Å². The fourth-order valence-corrected chi connectivity index (χ4v) is 2.29. The summed E-state index contributed by atoms with van der Waals surface area (Å²) in [5.74, 6) is 0. The van der Waals surface area contributed by atoms with Gasteiger partial charge in [-0.1, -0.05) is 0 Å². The summed E-state index contributed by atoms with van der Waals surface area (Å²) in [5, 5.41) is 26.2. The minimum absolute atomic E-state index is 0.0431. The molecule has 0 spiro atoms. The van der Waals surface area contributed by atoms with E-state index in [1.165, 1.54) is 12.5 Å². The average Bonchev–Trinajstić information content (AvgIpc) is 2.92. The van der Waals surface area contributed by atoms with Crippen molar-refractivity contribution in [3.63, 3.8) is 0 Å². The van der Waals surface area contributed by atoms with Crippen LogP contribution in [0.4, 0.5) is 11.4 Å². The molecule has 1 heterocycles. The second kappa shape index (κ2) is 6.16. The number of hydrogen-bond acceptors (Lipinski definition) is 5. The Labute approximate surface area is 111 Å². The molecule has 1 aliphatic heterocycles. The quantitative estimate of drug-likeness (QED) is 0.624. The first-order chi connectivity index (χ1) is 9.20. The lowest BCUT2D eigenvalue weighted by Crippen LogP contribution is -2.24. The molecule has 1 aromatic rings. The van der Waals surface area contributed by atoms with Gasteiger partial charge in [-0.15, -0.1) is 0 Å². The van der Waals surface area contributed by atoms with Gasteiger partial charge >= 0.3 is 0 Å². The molecule has 0 aliphatic carbocycles. The maximum absolute atomic E-state index is 11.0. The Morgan fingerprint density at radius 1 is 1.58 bits per heavy atom. The first-order valence-corrected chi connectivity index (χ1v) is 6.36. The predicted molar refractivity (Wildman–Crippen MR) is 71.9 cm³/mol. The highest BCUT2D eigenvalue weighted by Gasteiger charge is 2.16. The summed E-state index contributed by atoms with van der Waals surface area (Å²) in [7, 11) is 0. The van der Waals surface area contributed by atoms with E-state index in [0.717, 1.165) is 19.4 Å². The summed E-state index contributed by atoms with van der Waals surface area (Å²) >= 11 is 0. The van der Waals surface area contributed by atoms with Crippen LogP contribution in [-0.4, -0.2) is 24.1 Å². The van der Waals surface area contributed by atoms with Gasteiger partial charge in [-0.3, -0.25) is 10.1 Å². The summed E-state index contributed by atoms with van der Waals surface area (Å²) in [6.07, 6.45) is 3.30. The molecule has 0 aromatic heterocycles. The van der Waals surface area contributed by atoms with Gasteiger partial charge in [0.1, 0.15) is 5.69 Å². The molecule has 1 saturated heterocycles. The number of nitrogens with one attached hydrogen (secondary N) is 2. The molecule has 1 aromatic carbocycles. The van der Waals surface area contributed by atoms with Crippen molar-refractivity contribution in [1.82, 2.24) is 5.32 Å². The van der Waals surface area contributed by atoms with Crippen molar-refractivity contribution in [1.29, 1.82) is 5.26 Å².